The molecule has 0 radical (unpaired) electrons. The molecule has 3 aliphatic rings. The first-order valence-corrected chi connectivity index (χ1v) is 16.1. The standard InChI is InChI=1S/C26H29F3N8O3S2/c1-35-21-18(20(33-35)23-31-32-24(41-23)22(28)29)11-17(42(39,40)34-26(14-30)6-7-26)12-19(21)36-9-4-15(5-10-36)25(38)37-8-2-3-16(27)13-37/h11-12,15-16,22,34H,2-10,13H2,1H3. The van der Waals surface area contributed by atoms with Crippen molar-refractivity contribution in [2.75, 3.05) is 31.1 Å². The lowest BCUT2D eigenvalue weighted by atomic mass is 9.93. The van der Waals surface area contributed by atoms with Gasteiger partial charge in [0.15, 0.2) is 10.0 Å². The predicted octanol–water partition coefficient (Wildman–Crippen LogP) is 3.54. The van der Waals surface area contributed by atoms with Crippen molar-refractivity contribution in [2.24, 2.45) is 13.0 Å². The average Bonchev–Trinajstić information content (AvgIpc) is 3.40. The van der Waals surface area contributed by atoms with E-state index in [-0.39, 0.29) is 34.0 Å². The number of aryl methyl sites for hydroxylation is 1. The molecule has 11 nitrogen and oxygen atoms in total. The lowest BCUT2D eigenvalue weighted by Gasteiger charge is -2.37. The fourth-order valence-electron chi connectivity index (χ4n) is 5.77. The van der Waals surface area contributed by atoms with Crippen molar-refractivity contribution in [3.8, 4) is 16.8 Å². The van der Waals surface area contributed by atoms with Crippen LogP contribution in [-0.4, -0.2) is 77.1 Å². The number of amides is 1. The monoisotopic (exact) mass is 622 g/mol. The zero-order valence-electron chi connectivity index (χ0n) is 22.8. The van der Waals surface area contributed by atoms with Crippen molar-refractivity contribution >= 4 is 43.9 Å². The summed E-state index contributed by atoms with van der Waals surface area (Å²) in [5, 5.41) is 21.5. The van der Waals surface area contributed by atoms with Crippen LogP contribution in [0.2, 0.25) is 0 Å². The molecule has 3 aromatic rings. The van der Waals surface area contributed by atoms with Gasteiger partial charge in [-0.25, -0.2) is 21.6 Å². The summed E-state index contributed by atoms with van der Waals surface area (Å²) < 4.78 is 71.6. The lowest BCUT2D eigenvalue weighted by molar-refractivity contribution is -0.138. The highest BCUT2D eigenvalue weighted by Crippen LogP contribution is 2.41. The third kappa shape index (κ3) is 5.33. The van der Waals surface area contributed by atoms with Crippen LogP contribution >= 0.6 is 11.3 Å². The van der Waals surface area contributed by atoms with Crippen LogP contribution in [0.3, 0.4) is 0 Å². The predicted molar refractivity (Wildman–Crippen MR) is 148 cm³/mol. The minimum atomic E-state index is -4.15. The Kier molecular flexibility index (Phi) is 7.38. The maximum atomic E-state index is 13.9. The molecule has 1 N–H and O–H groups in total. The second-order valence-corrected chi connectivity index (χ2v) is 13.8. The van der Waals surface area contributed by atoms with Gasteiger partial charge in [0.2, 0.25) is 15.9 Å². The molecule has 16 heteroatoms. The van der Waals surface area contributed by atoms with E-state index >= 15 is 0 Å². The second kappa shape index (κ2) is 10.8. The molecule has 2 aliphatic heterocycles. The number of anilines is 1. The fraction of sp³-hybridized carbons (Fsp3) is 0.577. The number of alkyl halides is 3. The molecule has 1 aromatic carbocycles. The number of hydrogen-bond acceptors (Lipinski definition) is 9. The SMILES string of the molecule is Cn1nc(-c2nnc(C(F)F)s2)c2cc(S(=O)(=O)NC3(C#N)CC3)cc(N3CCC(C(=O)N4CCCC(F)C4)CC3)c21. The molecule has 224 valence electrons. The lowest BCUT2D eigenvalue weighted by Crippen LogP contribution is -2.46. The molecule has 42 heavy (non-hydrogen) atoms. The number of nitriles is 1. The van der Waals surface area contributed by atoms with Gasteiger partial charge in [-0.3, -0.25) is 9.48 Å². The molecular weight excluding hydrogens is 593 g/mol. The molecule has 1 unspecified atom stereocenters. The van der Waals surface area contributed by atoms with Gasteiger partial charge in [-0.1, -0.05) is 11.3 Å². The highest BCUT2D eigenvalue weighted by atomic mass is 32.2. The highest BCUT2D eigenvalue weighted by Gasteiger charge is 2.47. The summed E-state index contributed by atoms with van der Waals surface area (Å²) in [6, 6.07) is 4.97. The van der Waals surface area contributed by atoms with E-state index in [0.717, 1.165) is 0 Å². The average molecular weight is 623 g/mol. The van der Waals surface area contributed by atoms with E-state index in [1.54, 1.807) is 16.6 Å². The molecule has 0 bridgehead atoms. The molecule has 2 aromatic heterocycles. The summed E-state index contributed by atoms with van der Waals surface area (Å²) in [4.78, 5) is 16.6. The Bertz CT molecular complexity index is 1670. The summed E-state index contributed by atoms with van der Waals surface area (Å²) >= 11 is 0.679. The largest absolute Gasteiger partial charge is 0.370 e. The Morgan fingerprint density at radius 2 is 1.93 bits per heavy atom. The van der Waals surface area contributed by atoms with Crippen LogP contribution in [0.1, 0.15) is 50.0 Å². The number of halogens is 3. The zero-order chi connectivity index (χ0) is 29.8. The topological polar surface area (TPSA) is 137 Å². The molecule has 1 saturated carbocycles. The van der Waals surface area contributed by atoms with Crippen LogP contribution in [-0.2, 0) is 21.9 Å². The Hall–Kier alpha value is -3.29. The summed E-state index contributed by atoms with van der Waals surface area (Å²) in [5.41, 5.74) is 0.179. The van der Waals surface area contributed by atoms with Gasteiger partial charge in [0.1, 0.15) is 17.4 Å². The number of piperidine rings is 2. The molecule has 3 fully saturated rings. The van der Waals surface area contributed by atoms with Crippen molar-refractivity contribution in [3.63, 3.8) is 0 Å². The van der Waals surface area contributed by atoms with Gasteiger partial charge in [-0.2, -0.15) is 15.1 Å². The van der Waals surface area contributed by atoms with Crippen LogP contribution in [0.4, 0.5) is 18.9 Å². The minimum Gasteiger partial charge on any atom is -0.370 e. The number of nitrogens with zero attached hydrogens (tertiary/aromatic N) is 7. The number of fused-ring (bicyclic) bond motifs is 1. The summed E-state index contributed by atoms with van der Waals surface area (Å²) in [5.74, 6) is -0.319. The number of likely N-dealkylation sites (tertiary alicyclic amines) is 1. The van der Waals surface area contributed by atoms with E-state index in [2.05, 4.69) is 20.0 Å². The molecule has 6 rings (SSSR count). The number of rotatable bonds is 7. The van der Waals surface area contributed by atoms with Crippen LogP contribution in [0.25, 0.3) is 21.6 Å². The van der Waals surface area contributed by atoms with Gasteiger partial charge in [-0.15, -0.1) is 10.2 Å². The molecular formula is C26H29F3N8O3S2. The van der Waals surface area contributed by atoms with Crippen molar-refractivity contribution in [1.29, 1.82) is 5.26 Å². The van der Waals surface area contributed by atoms with E-state index in [1.807, 2.05) is 11.0 Å². The van der Waals surface area contributed by atoms with Gasteiger partial charge in [0.05, 0.1) is 28.7 Å². The van der Waals surface area contributed by atoms with Crippen molar-refractivity contribution in [3.05, 3.63) is 17.1 Å². The van der Waals surface area contributed by atoms with E-state index in [9.17, 15) is 31.6 Å². The van der Waals surface area contributed by atoms with Crippen LogP contribution < -0.4 is 9.62 Å². The molecule has 1 atom stereocenters. The van der Waals surface area contributed by atoms with E-state index in [4.69, 9.17) is 0 Å². The first kappa shape index (κ1) is 28.8. The third-order valence-electron chi connectivity index (χ3n) is 8.19. The van der Waals surface area contributed by atoms with Gasteiger partial charge in [0, 0.05) is 38.0 Å². The fourth-order valence-corrected chi connectivity index (χ4v) is 7.89. The molecule has 4 heterocycles. The number of benzene rings is 1. The summed E-state index contributed by atoms with van der Waals surface area (Å²) in [6.07, 6.45) is -0.907. The number of carbonyl (C=O) groups excluding carboxylic acids is 1. The zero-order valence-corrected chi connectivity index (χ0v) is 24.4. The Balaban J connectivity index is 1.36. The Morgan fingerprint density at radius 3 is 2.55 bits per heavy atom. The normalized spacial score (nSPS) is 21.2. The Labute approximate surface area is 244 Å². The van der Waals surface area contributed by atoms with E-state index in [1.165, 1.54) is 12.1 Å². The van der Waals surface area contributed by atoms with Crippen molar-refractivity contribution < 1.29 is 26.4 Å². The van der Waals surface area contributed by atoms with Crippen molar-refractivity contribution in [1.82, 2.24) is 29.6 Å². The van der Waals surface area contributed by atoms with Gasteiger partial charge in [0.25, 0.3) is 6.43 Å². The molecule has 1 amide bonds. The first-order valence-electron chi connectivity index (χ1n) is 13.8. The Morgan fingerprint density at radius 1 is 1.19 bits per heavy atom. The minimum absolute atomic E-state index is 0.0529. The third-order valence-corrected chi connectivity index (χ3v) is 10.6. The smallest absolute Gasteiger partial charge is 0.291 e. The quantitative estimate of drug-likeness (QED) is 0.423. The van der Waals surface area contributed by atoms with Crippen LogP contribution in [0.5, 0.6) is 0 Å². The molecule has 2 saturated heterocycles. The number of carbonyl (C=O) groups is 1. The van der Waals surface area contributed by atoms with Gasteiger partial charge >= 0.3 is 0 Å². The summed E-state index contributed by atoms with van der Waals surface area (Å²) in [6.45, 7) is 1.54. The van der Waals surface area contributed by atoms with E-state index < -0.39 is 33.2 Å². The maximum absolute atomic E-state index is 13.9. The van der Waals surface area contributed by atoms with E-state index in [0.29, 0.717) is 86.1 Å². The molecule has 0 spiro atoms. The van der Waals surface area contributed by atoms with Gasteiger partial charge in [-0.05, 0) is 50.7 Å². The van der Waals surface area contributed by atoms with Gasteiger partial charge < -0.3 is 9.80 Å². The first-order chi connectivity index (χ1) is 20.0. The van der Waals surface area contributed by atoms with Crippen molar-refractivity contribution in [2.45, 2.75) is 61.6 Å². The highest BCUT2D eigenvalue weighted by molar-refractivity contribution is 7.89. The molecule has 1 aliphatic carbocycles. The summed E-state index contributed by atoms with van der Waals surface area (Å²) in [7, 11) is -2.47. The van der Waals surface area contributed by atoms with Crippen LogP contribution in [0.15, 0.2) is 17.0 Å². The number of hydrogen-bond donors (Lipinski definition) is 1. The number of aromatic nitrogens is 4. The van der Waals surface area contributed by atoms with Crippen LogP contribution in [0, 0.1) is 17.2 Å². The second-order valence-electron chi connectivity index (χ2n) is 11.1. The number of sulfonamides is 1. The maximum Gasteiger partial charge on any atom is 0.291 e. The number of nitrogens with one attached hydrogen (secondary N) is 1.